The van der Waals surface area contributed by atoms with E-state index in [9.17, 15) is 9.59 Å². The fourth-order valence-electron chi connectivity index (χ4n) is 2.98. The van der Waals surface area contributed by atoms with Crippen LogP contribution in [0.4, 0.5) is 0 Å². The number of benzene rings is 2. The number of hydrogen-bond acceptors (Lipinski definition) is 2. The first kappa shape index (κ1) is 19.7. The summed E-state index contributed by atoms with van der Waals surface area (Å²) < 4.78 is 0. The minimum Gasteiger partial charge on any atom is -0.351 e. The van der Waals surface area contributed by atoms with Crippen LogP contribution in [0, 0.1) is 19.3 Å². The lowest BCUT2D eigenvalue weighted by Crippen LogP contribution is -2.42. The molecule has 0 radical (unpaired) electrons. The van der Waals surface area contributed by atoms with Crippen molar-refractivity contribution in [3.63, 3.8) is 0 Å². The number of hydrogen-bond donors (Lipinski definition) is 1. The zero-order valence-corrected chi connectivity index (χ0v) is 16.3. The van der Waals surface area contributed by atoms with Crippen LogP contribution >= 0.6 is 0 Å². The maximum absolute atomic E-state index is 12.6. The molecule has 0 saturated carbocycles. The van der Waals surface area contributed by atoms with Gasteiger partial charge in [-0.1, -0.05) is 49.2 Å². The summed E-state index contributed by atoms with van der Waals surface area (Å²) in [5, 5.41) is 2.98. The lowest BCUT2D eigenvalue weighted by atomic mass is 9.92. The van der Waals surface area contributed by atoms with Gasteiger partial charge in [-0.15, -0.1) is 0 Å². The monoisotopic (exact) mass is 352 g/mol. The fraction of sp³-hybridized carbons (Fsp3) is 0.364. The number of carbonyl (C=O) groups excluding carboxylic acids is 2. The van der Waals surface area contributed by atoms with Gasteiger partial charge < -0.3 is 10.2 Å². The van der Waals surface area contributed by atoms with Gasteiger partial charge in [0.15, 0.2) is 0 Å². The second kappa shape index (κ2) is 8.17. The summed E-state index contributed by atoms with van der Waals surface area (Å²) in [5.41, 5.74) is 3.22. The average molecular weight is 352 g/mol. The lowest BCUT2D eigenvalue weighted by molar-refractivity contribution is 0.0730. The molecule has 0 unspecified atom stereocenters. The highest BCUT2D eigenvalue weighted by molar-refractivity contribution is 5.95. The van der Waals surface area contributed by atoms with Crippen LogP contribution in [0.2, 0.25) is 0 Å². The van der Waals surface area contributed by atoms with E-state index in [2.05, 4.69) is 5.32 Å². The van der Waals surface area contributed by atoms with Gasteiger partial charge in [-0.05, 0) is 43.5 Å². The molecule has 2 rings (SSSR count). The molecule has 4 heteroatoms. The molecule has 0 saturated heterocycles. The normalized spacial score (nSPS) is 11.1. The molecular formula is C22H28N2O2. The van der Waals surface area contributed by atoms with Gasteiger partial charge in [0.1, 0.15) is 0 Å². The van der Waals surface area contributed by atoms with Crippen molar-refractivity contribution >= 4 is 11.8 Å². The molecule has 2 amide bonds. The molecule has 0 heterocycles. The molecule has 2 aromatic carbocycles. The van der Waals surface area contributed by atoms with E-state index in [0.29, 0.717) is 24.2 Å². The molecule has 0 aliphatic rings. The van der Waals surface area contributed by atoms with Gasteiger partial charge >= 0.3 is 0 Å². The van der Waals surface area contributed by atoms with Crippen molar-refractivity contribution in [1.82, 2.24) is 10.2 Å². The van der Waals surface area contributed by atoms with Gasteiger partial charge in [-0.2, -0.15) is 0 Å². The van der Waals surface area contributed by atoms with Crippen molar-refractivity contribution in [2.24, 2.45) is 5.41 Å². The minimum absolute atomic E-state index is 0.00761. The van der Waals surface area contributed by atoms with Crippen LogP contribution in [0.15, 0.2) is 48.5 Å². The summed E-state index contributed by atoms with van der Waals surface area (Å²) in [6, 6.07) is 15.1. The molecule has 1 N–H and O–H groups in total. The molecule has 138 valence electrons. The summed E-state index contributed by atoms with van der Waals surface area (Å²) >= 11 is 0. The number of carbonyl (C=O) groups is 2. The molecular weight excluding hydrogens is 324 g/mol. The Kier molecular flexibility index (Phi) is 6.19. The van der Waals surface area contributed by atoms with Crippen LogP contribution in [0.5, 0.6) is 0 Å². The molecule has 0 bridgehead atoms. The summed E-state index contributed by atoms with van der Waals surface area (Å²) in [6.07, 6.45) is 0. The van der Waals surface area contributed by atoms with Crippen molar-refractivity contribution in [3.05, 3.63) is 70.8 Å². The van der Waals surface area contributed by atoms with Crippen molar-refractivity contribution in [2.75, 3.05) is 20.1 Å². The smallest absolute Gasteiger partial charge is 0.253 e. The quantitative estimate of drug-likeness (QED) is 0.859. The van der Waals surface area contributed by atoms with Crippen molar-refractivity contribution in [2.45, 2.75) is 27.7 Å². The van der Waals surface area contributed by atoms with Crippen LogP contribution in [0.25, 0.3) is 0 Å². The van der Waals surface area contributed by atoms with E-state index >= 15 is 0 Å². The third-order valence-electron chi connectivity index (χ3n) is 4.28. The van der Waals surface area contributed by atoms with Gasteiger partial charge in [0, 0.05) is 31.3 Å². The summed E-state index contributed by atoms with van der Waals surface area (Å²) in [7, 11) is 1.80. The highest BCUT2D eigenvalue weighted by atomic mass is 16.2. The number of amides is 2. The summed E-state index contributed by atoms with van der Waals surface area (Å²) in [5.74, 6) is -0.0961. The Bertz CT molecular complexity index is 796. The van der Waals surface area contributed by atoms with Crippen molar-refractivity contribution in [3.8, 4) is 0 Å². The first-order valence-electron chi connectivity index (χ1n) is 8.85. The van der Waals surface area contributed by atoms with Crippen molar-refractivity contribution in [1.29, 1.82) is 0 Å². The summed E-state index contributed by atoms with van der Waals surface area (Å²) in [6.45, 7) is 9.07. The van der Waals surface area contributed by atoms with Gasteiger partial charge in [0.2, 0.25) is 0 Å². The van der Waals surface area contributed by atoms with E-state index in [4.69, 9.17) is 0 Å². The maximum atomic E-state index is 12.6. The van der Waals surface area contributed by atoms with E-state index in [-0.39, 0.29) is 17.2 Å². The average Bonchev–Trinajstić information content (AvgIpc) is 2.58. The summed E-state index contributed by atoms with van der Waals surface area (Å²) in [4.78, 5) is 26.7. The second-order valence-electron chi connectivity index (χ2n) is 7.75. The van der Waals surface area contributed by atoms with Gasteiger partial charge in [0.25, 0.3) is 11.8 Å². The Morgan fingerprint density at radius 2 is 1.50 bits per heavy atom. The first-order valence-corrected chi connectivity index (χ1v) is 8.85. The predicted molar refractivity (Wildman–Crippen MR) is 105 cm³/mol. The van der Waals surface area contributed by atoms with E-state index in [1.165, 1.54) is 0 Å². The predicted octanol–water partition coefficient (Wildman–Crippen LogP) is 3.83. The van der Waals surface area contributed by atoms with Gasteiger partial charge in [0.05, 0.1) is 0 Å². The Labute approximate surface area is 156 Å². The molecule has 0 aliphatic carbocycles. The molecule has 0 aliphatic heterocycles. The van der Waals surface area contributed by atoms with E-state index in [1.54, 1.807) is 11.9 Å². The number of nitrogens with zero attached hydrogens (tertiary/aromatic N) is 1. The Hall–Kier alpha value is -2.62. The number of rotatable bonds is 6. The molecule has 4 nitrogen and oxygen atoms in total. The first-order chi connectivity index (χ1) is 12.2. The third-order valence-corrected chi connectivity index (χ3v) is 4.28. The van der Waals surface area contributed by atoms with E-state index in [1.807, 2.05) is 76.2 Å². The molecule has 0 atom stereocenters. The molecule has 26 heavy (non-hydrogen) atoms. The number of nitrogens with one attached hydrogen (secondary N) is 1. The van der Waals surface area contributed by atoms with Crippen LogP contribution < -0.4 is 5.32 Å². The largest absolute Gasteiger partial charge is 0.351 e. The minimum atomic E-state index is -0.242. The maximum Gasteiger partial charge on any atom is 0.253 e. The van der Waals surface area contributed by atoms with Crippen LogP contribution in [0.1, 0.15) is 45.7 Å². The third kappa shape index (κ3) is 5.45. The zero-order valence-electron chi connectivity index (χ0n) is 16.3. The number of aryl methyl sites for hydroxylation is 2. The molecule has 0 aromatic heterocycles. The van der Waals surface area contributed by atoms with E-state index < -0.39 is 0 Å². The SMILES string of the molecule is Cc1cccc(C(=O)NCC(C)(C)CN(C)C(=O)c2cccc(C)c2)c1. The molecule has 0 spiro atoms. The Morgan fingerprint density at radius 3 is 2.08 bits per heavy atom. The Morgan fingerprint density at radius 1 is 0.962 bits per heavy atom. The lowest BCUT2D eigenvalue weighted by Gasteiger charge is -2.30. The van der Waals surface area contributed by atoms with Gasteiger partial charge in [-0.3, -0.25) is 9.59 Å². The highest BCUT2D eigenvalue weighted by Crippen LogP contribution is 2.17. The standard InChI is InChI=1S/C22H28N2O2/c1-16-8-6-10-18(12-16)20(25)23-14-22(3,4)15-24(5)21(26)19-11-7-9-17(2)13-19/h6-13H,14-15H2,1-5H3,(H,23,25). The molecule has 2 aromatic rings. The van der Waals surface area contributed by atoms with Crippen LogP contribution in [-0.2, 0) is 0 Å². The van der Waals surface area contributed by atoms with Gasteiger partial charge in [-0.25, -0.2) is 0 Å². The van der Waals surface area contributed by atoms with Crippen LogP contribution in [0.3, 0.4) is 0 Å². The topological polar surface area (TPSA) is 49.4 Å². The fourth-order valence-corrected chi connectivity index (χ4v) is 2.98. The Balaban J connectivity index is 1.95. The second-order valence-corrected chi connectivity index (χ2v) is 7.75. The zero-order chi connectivity index (χ0) is 19.3. The van der Waals surface area contributed by atoms with Crippen molar-refractivity contribution < 1.29 is 9.59 Å². The molecule has 0 fully saturated rings. The highest BCUT2D eigenvalue weighted by Gasteiger charge is 2.24. The van der Waals surface area contributed by atoms with Crippen LogP contribution in [-0.4, -0.2) is 36.9 Å². The van der Waals surface area contributed by atoms with E-state index in [0.717, 1.165) is 11.1 Å².